The van der Waals surface area contributed by atoms with Gasteiger partial charge in [0.2, 0.25) is 0 Å². The van der Waals surface area contributed by atoms with E-state index in [9.17, 15) is 18.0 Å². The number of aromatic nitrogens is 2. The Kier molecular flexibility index (Phi) is 4.90. The lowest BCUT2D eigenvalue weighted by molar-refractivity contribution is -0.142. The van der Waals surface area contributed by atoms with Gasteiger partial charge in [-0.3, -0.25) is 4.79 Å². The summed E-state index contributed by atoms with van der Waals surface area (Å²) in [5.74, 6) is 0.0280. The van der Waals surface area contributed by atoms with Gasteiger partial charge in [-0.1, -0.05) is 0 Å². The molecule has 0 bridgehead atoms. The van der Waals surface area contributed by atoms with Crippen molar-refractivity contribution in [2.24, 2.45) is 0 Å². The van der Waals surface area contributed by atoms with Crippen LogP contribution in [0.5, 0.6) is 5.75 Å². The molecule has 1 aliphatic rings. The minimum absolute atomic E-state index is 0.0670. The number of hydrogen-bond donors (Lipinski definition) is 1. The molecule has 9 heteroatoms. The highest BCUT2D eigenvalue weighted by atomic mass is 19.4. The van der Waals surface area contributed by atoms with E-state index in [2.05, 4.69) is 5.10 Å². The number of ether oxygens (including phenoxy) is 1. The van der Waals surface area contributed by atoms with E-state index in [-0.39, 0.29) is 37.4 Å². The highest BCUT2D eigenvalue weighted by Gasteiger charge is 2.42. The van der Waals surface area contributed by atoms with Crippen LogP contribution in [0.25, 0.3) is 5.69 Å². The smallest absolute Gasteiger partial charge is 0.435 e. The molecule has 0 spiro atoms. The Labute approximate surface area is 147 Å². The first-order chi connectivity index (χ1) is 12.4. The molecule has 1 amide bonds. The Morgan fingerprint density at radius 2 is 1.96 bits per heavy atom. The Hall–Kier alpha value is -2.55. The molecule has 0 aliphatic carbocycles. The first-order valence-electron chi connectivity index (χ1n) is 8.10. The van der Waals surface area contributed by atoms with Crippen LogP contribution in [0.1, 0.15) is 28.2 Å². The molecule has 0 radical (unpaired) electrons. The normalized spacial score (nSPS) is 14.5. The largest absolute Gasteiger partial charge is 0.497 e. The Balaban J connectivity index is 2.10. The van der Waals surface area contributed by atoms with Gasteiger partial charge in [-0.2, -0.15) is 18.3 Å². The number of hydrogen-bond acceptors (Lipinski definition) is 4. The van der Waals surface area contributed by atoms with Crippen molar-refractivity contribution < 1.29 is 27.8 Å². The number of aliphatic hydroxyl groups is 1. The van der Waals surface area contributed by atoms with Crippen LogP contribution >= 0.6 is 0 Å². The average Bonchev–Trinajstić information content (AvgIpc) is 3.02. The quantitative estimate of drug-likeness (QED) is 0.878. The Morgan fingerprint density at radius 1 is 1.27 bits per heavy atom. The van der Waals surface area contributed by atoms with Gasteiger partial charge in [-0.05, 0) is 37.1 Å². The summed E-state index contributed by atoms with van der Waals surface area (Å²) in [6.07, 6.45) is -4.21. The van der Waals surface area contributed by atoms with E-state index >= 15 is 0 Å². The second-order valence-corrected chi connectivity index (χ2v) is 5.90. The predicted octanol–water partition coefficient (Wildman–Crippen LogP) is 2.28. The number of carbonyl (C=O) groups excluding carboxylic acids is 1. The number of amides is 1. The van der Waals surface area contributed by atoms with Crippen LogP contribution in [0.4, 0.5) is 13.2 Å². The molecule has 1 aliphatic heterocycles. The topological polar surface area (TPSA) is 67.6 Å². The number of aliphatic hydroxyl groups excluding tert-OH is 1. The van der Waals surface area contributed by atoms with Crippen LogP contribution < -0.4 is 4.74 Å². The average molecular weight is 369 g/mol. The molecule has 26 heavy (non-hydrogen) atoms. The molecule has 3 rings (SSSR count). The fourth-order valence-electron chi connectivity index (χ4n) is 3.02. The van der Waals surface area contributed by atoms with E-state index in [0.29, 0.717) is 17.9 Å². The molecule has 0 unspecified atom stereocenters. The van der Waals surface area contributed by atoms with Crippen molar-refractivity contribution in [3.63, 3.8) is 0 Å². The molecule has 2 heterocycles. The van der Waals surface area contributed by atoms with Crippen molar-refractivity contribution in [2.75, 3.05) is 26.8 Å². The van der Waals surface area contributed by atoms with Crippen LogP contribution in [0.3, 0.4) is 0 Å². The number of carbonyl (C=O) groups is 1. The van der Waals surface area contributed by atoms with E-state index in [1.165, 1.54) is 12.0 Å². The van der Waals surface area contributed by atoms with Crippen molar-refractivity contribution in [3.05, 3.63) is 41.2 Å². The lowest BCUT2D eigenvalue weighted by Crippen LogP contribution is -2.39. The minimum atomic E-state index is -4.64. The zero-order valence-corrected chi connectivity index (χ0v) is 14.1. The van der Waals surface area contributed by atoms with E-state index in [1.54, 1.807) is 24.3 Å². The summed E-state index contributed by atoms with van der Waals surface area (Å²) in [6.45, 7) is 0.356. The van der Waals surface area contributed by atoms with Crippen LogP contribution in [-0.2, 0) is 12.6 Å². The van der Waals surface area contributed by atoms with Gasteiger partial charge >= 0.3 is 6.18 Å². The third-order valence-electron chi connectivity index (χ3n) is 4.28. The first kappa shape index (κ1) is 18.2. The van der Waals surface area contributed by atoms with E-state index in [4.69, 9.17) is 9.84 Å². The van der Waals surface area contributed by atoms with Crippen molar-refractivity contribution in [1.29, 1.82) is 0 Å². The molecular weight excluding hydrogens is 351 g/mol. The SMILES string of the molecule is COc1ccc(-n2nc(C(F)(F)F)c3c2C(=O)N(CCCO)CC3)cc1. The summed E-state index contributed by atoms with van der Waals surface area (Å²) < 4.78 is 46.3. The van der Waals surface area contributed by atoms with Crippen molar-refractivity contribution in [1.82, 2.24) is 14.7 Å². The highest BCUT2D eigenvalue weighted by molar-refractivity contribution is 5.96. The first-order valence-corrected chi connectivity index (χ1v) is 8.10. The van der Waals surface area contributed by atoms with Crippen molar-refractivity contribution in [2.45, 2.75) is 19.0 Å². The second-order valence-electron chi connectivity index (χ2n) is 5.90. The minimum Gasteiger partial charge on any atom is -0.497 e. The molecule has 6 nitrogen and oxygen atoms in total. The molecule has 2 aromatic rings. The molecule has 1 aromatic carbocycles. The van der Waals surface area contributed by atoms with Gasteiger partial charge in [-0.15, -0.1) is 0 Å². The maximum Gasteiger partial charge on any atom is 0.435 e. The van der Waals surface area contributed by atoms with Gasteiger partial charge < -0.3 is 14.7 Å². The summed E-state index contributed by atoms with van der Waals surface area (Å²) in [4.78, 5) is 14.2. The van der Waals surface area contributed by atoms with Gasteiger partial charge in [-0.25, -0.2) is 4.68 Å². The third kappa shape index (κ3) is 3.26. The number of benzene rings is 1. The van der Waals surface area contributed by atoms with Gasteiger partial charge in [0, 0.05) is 25.3 Å². The predicted molar refractivity (Wildman–Crippen MR) is 86.4 cm³/mol. The number of halogens is 3. The summed E-state index contributed by atoms with van der Waals surface area (Å²) in [5, 5.41) is 12.7. The van der Waals surface area contributed by atoms with Crippen molar-refractivity contribution >= 4 is 5.91 Å². The lowest BCUT2D eigenvalue weighted by atomic mass is 10.0. The number of methoxy groups -OCH3 is 1. The Bertz CT molecular complexity index is 800. The summed E-state index contributed by atoms with van der Waals surface area (Å²) in [7, 11) is 1.48. The molecular formula is C17H18F3N3O3. The maximum absolute atomic E-state index is 13.4. The Morgan fingerprint density at radius 3 is 2.54 bits per heavy atom. The van der Waals surface area contributed by atoms with Gasteiger partial charge in [0.15, 0.2) is 5.69 Å². The van der Waals surface area contributed by atoms with Gasteiger partial charge in [0.05, 0.1) is 12.8 Å². The van der Waals surface area contributed by atoms with Crippen LogP contribution in [-0.4, -0.2) is 52.5 Å². The zero-order valence-electron chi connectivity index (χ0n) is 14.1. The molecule has 140 valence electrons. The number of alkyl halides is 3. The fourth-order valence-corrected chi connectivity index (χ4v) is 3.02. The van der Waals surface area contributed by atoms with Crippen LogP contribution in [0, 0.1) is 0 Å². The summed E-state index contributed by atoms with van der Waals surface area (Å²) >= 11 is 0. The number of nitrogens with zero attached hydrogens (tertiary/aromatic N) is 3. The van der Waals surface area contributed by atoms with Crippen molar-refractivity contribution in [3.8, 4) is 11.4 Å². The number of rotatable bonds is 5. The maximum atomic E-state index is 13.4. The zero-order chi connectivity index (χ0) is 18.9. The molecule has 1 N–H and O–H groups in total. The second kappa shape index (κ2) is 6.99. The van der Waals surface area contributed by atoms with E-state index < -0.39 is 17.8 Å². The van der Waals surface area contributed by atoms with Gasteiger partial charge in [0.1, 0.15) is 11.4 Å². The van der Waals surface area contributed by atoms with Crippen LogP contribution in [0.15, 0.2) is 24.3 Å². The molecule has 0 atom stereocenters. The van der Waals surface area contributed by atoms with E-state index in [0.717, 1.165) is 4.68 Å². The van der Waals surface area contributed by atoms with Crippen LogP contribution in [0.2, 0.25) is 0 Å². The lowest BCUT2D eigenvalue weighted by Gasteiger charge is -2.27. The summed E-state index contributed by atoms with van der Waals surface area (Å²) in [5.41, 5.74) is -0.848. The highest BCUT2D eigenvalue weighted by Crippen LogP contribution is 2.36. The standard InChI is InChI=1S/C17H18F3N3O3/c1-26-12-5-3-11(4-6-12)23-14-13(15(21-23)17(18,19)20)7-9-22(16(14)25)8-2-10-24/h3-6,24H,2,7-10H2,1H3. The molecule has 0 saturated heterocycles. The third-order valence-corrected chi connectivity index (χ3v) is 4.28. The fraction of sp³-hybridized carbons (Fsp3) is 0.412. The van der Waals surface area contributed by atoms with E-state index in [1.807, 2.05) is 0 Å². The molecule has 0 fully saturated rings. The molecule has 1 aromatic heterocycles. The number of fused-ring (bicyclic) bond motifs is 1. The molecule has 0 saturated carbocycles. The van der Waals surface area contributed by atoms with Gasteiger partial charge in [0.25, 0.3) is 5.91 Å². The summed E-state index contributed by atoms with van der Waals surface area (Å²) in [6, 6.07) is 6.28. The monoisotopic (exact) mass is 369 g/mol.